The Morgan fingerprint density at radius 2 is 2.30 bits per heavy atom. The summed E-state index contributed by atoms with van der Waals surface area (Å²) in [4.78, 5) is 10.3. The first kappa shape index (κ1) is 9.24. The standard InChI is InChI=1S/C7H9ClO2/c1-3-6(7(9)10)4-5(2)8/h3,6H,1-2,4H2,(H,9,10). The van der Waals surface area contributed by atoms with Gasteiger partial charge in [-0.05, 0) is 6.42 Å². The zero-order valence-electron chi connectivity index (χ0n) is 5.51. The lowest BCUT2D eigenvalue weighted by Gasteiger charge is -2.03. The van der Waals surface area contributed by atoms with Crippen molar-refractivity contribution in [3.8, 4) is 0 Å². The summed E-state index contributed by atoms with van der Waals surface area (Å²) in [5.41, 5.74) is 0. The first-order valence-electron chi connectivity index (χ1n) is 2.76. The van der Waals surface area contributed by atoms with Gasteiger partial charge in [-0.1, -0.05) is 24.3 Å². The zero-order chi connectivity index (χ0) is 8.15. The van der Waals surface area contributed by atoms with E-state index in [4.69, 9.17) is 16.7 Å². The second-order valence-corrected chi connectivity index (χ2v) is 2.44. The Morgan fingerprint density at radius 1 is 1.80 bits per heavy atom. The van der Waals surface area contributed by atoms with Crippen LogP contribution in [0.1, 0.15) is 6.42 Å². The average molecular weight is 161 g/mol. The molecule has 2 nitrogen and oxygen atoms in total. The highest BCUT2D eigenvalue weighted by Crippen LogP contribution is 2.13. The largest absolute Gasteiger partial charge is 0.481 e. The van der Waals surface area contributed by atoms with Gasteiger partial charge >= 0.3 is 5.97 Å². The Labute approximate surface area is 64.8 Å². The number of allylic oxidation sites excluding steroid dienone is 1. The minimum Gasteiger partial charge on any atom is -0.481 e. The van der Waals surface area contributed by atoms with E-state index >= 15 is 0 Å². The summed E-state index contributed by atoms with van der Waals surface area (Å²) in [5, 5.41) is 8.79. The molecule has 0 radical (unpaired) electrons. The van der Waals surface area contributed by atoms with Crippen molar-refractivity contribution < 1.29 is 9.90 Å². The van der Waals surface area contributed by atoms with Crippen LogP contribution in [0.4, 0.5) is 0 Å². The maximum Gasteiger partial charge on any atom is 0.310 e. The summed E-state index contributed by atoms with van der Waals surface area (Å²) >= 11 is 5.39. The first-order valence-corrected chi connectivity index (χ1v) is 3.14. The Bertz CT molecular complexity index is 163. The number of halogens is 1. The molecule has 0 heterocycles. The van der Waals surface area contributed by atoms with Crippen molar-refractivity contribution in [2.45, 2.75) is 6.42 Å². The SMILES string of the molecule is C=CC(CC(=C)Cl)C(=O)O. The normalized spacial score (nSPS) is 12.1. The third-order valence-corrected chi connectivity index (χ3v) is 1.20. The highest BCUT2D eigenvalue weighted by atomic mass is 35.5. The minimum absolute atomic E-state index is 0.250. The number of hydrogen-bond donors (Lipinski definition) is 1. The molecule has 0 aromatic carbocycles. The molecule has 0 saturated heterocycles. The van der Waals surface area contributed by atoms with E-state index < -0.39 is 11.9 Å². The molecule has 0 aliphatic carbocycles. The molecule has 1 atom stereocenters. The van der Waals surface area contributed by atoms with Crippen LogP contribution in [0, 0.1) is 5.92 Å². The lowest BCUT2D eigenvalue weighted by Crippen LogP contribution is -2.09. The number of aliphatic carboxylic acids is 1. The van der Waals surface area contributed by atoms with Crippen molar-refractivity contribution in [1.29, 1.82) is 0 Å². The summed E-state index contributed by atoms with van der Waals surface area (Å²) in [5.74, 6) is -1.53. The maximum atomic E-state index is 10.3. The van der Waals surface area contributed by atoms with E-state index in [2.05, 4.69) is 13.2 Å². The van der Waals surface area contributed by atoms with Gasteiger partial charge in [0, 0.05) is 5.03 Å². The molecule has 0 aromatic rings. The van der Waals surface area contributed by atoms with Crippen molar-refractivity contribution in [3.63, 3.8) is 0 Å². The van der Waals surface area contributed by atoms with Gasteiger partial charge in [0.1, 0.15) is 0 Å². The van der Waals surface area contributed by atoms with E-state index in [1.165, 1.54) is 6.08 Å². The van der Waals surface area contributed by atoms with Crippen LogP contribution >= 0.6 is 11.6 Å². The molecule has 0 aromatic heterocycles. The van der Waals surface area contributed by atoms with Crippen LogP contribution in [0.5, 0.6) is 0 Å². The maximum absolute atomic E-state index is 10.3. The van der Waals surface area contributed by atoms with Crippen LogP contribution in [-0.2, 0) is 4.79 Å². The fourth-order valence-corrected chi connectivity index (χ4v) is 0.676. The predicted octanol–water partition coefficient (Wildman–Crippen LogP) is 2.02. The van der Waals surface area contributed by atoms with Crippen molar-refractivity contribution in [2.75, 3.05) is 0 Å². The molecule has 0 rings (SSSR count). The molecular weight excluding hydrogens is 152 g/mol. The van der Waals surface area contributed by atoms with Gasteiger partial charge < -0.3 is 5.11 Å². The van der Waals surface area contributed by atoms with Gasteiger partial charge in [0.15, 0.2) is 0 Å². The number of hydrogen-bond acceptors (Lipinski definition) is 1. The monoisotopic (exact) mass is 160 g/mol. The van der Waals surface area contributed by atoms with Gasteiger partial charge in [-0.3, -0.25) is 4.79 Å². The molecule has 0 bridgehead atoms. The zero-order valence-corrected chi connectivity index (χ0v) is 6.27. The van der Waals surface area contributed by atoms with Crippen LogP contribution in [0.25, 0.3) is 0 Å². The van der Waals surface area contributed by atoms with Crippen molar-refractivity contribution in [1.82, 2.24) is 0 Å². The molecule has 0 aliphatic heterocycles. The Morgan fingerprint density at radius 3 is 2.40 bits per heavy atom. The third-order valence-electron chi connectivity index (χ3n) is 1.04. The highest BCUT2D eigenvalue weighted by Gasteiger charge is 2.12. The average Bonchev–Trinajstić information content (AvgIpc) is 1.81. The number of carbonyl (C=O) groups is 1. The summed E-state index contributed by atoms with van der Waals surface area (Å²) in [6.07, 6.45) is 1.59. The molecule has 0 aliphatic rings. The van der Waals surface area contributed by atoms with E-state index in [-0.39, 0.29) is 6.42 Å². The minimum atomic E-state index is -0.920. The van der Waals surface area contributed by atoms with Crippen LogP contribution < -0.4 is 0 Å². The number of rotatable bonds is 4. The van der Waals surface area contributed by atoms with Crippen LogP contribution in [0.15, 0.2) is 24.3 Å². The molecule has 0 saturated carbocycles. The molecule has 1 N–H and O–H groups in total. The second-order valence-electron chi connectivity index (χ2n) is 1.90. The Kier molecular flexibility index (Phi) is 3.81. The van der Waals surface area contributed by atoms with Gasteiger partial charge in [-0.25, -0.2) is 0 Å². The quantitative estimate of drug-likeness (QED) is 0.639. The lowest BCUT2D eigenvalue weighted by molar-refractivity contribution is -0.139. The van der Waals surface area contributed by atoms with E-state index in [0.717, 1.165) is 0 Å². The molecule has 56 valence electrons. The van der Waals surface area contributed by atoms with Crippen LogP contribution in [-0.4, -0.2) is 11.1 Å². The topological polar surface area (TPSA) is 37.3 Å². The molecule has 0 spiro atoms. The summed E-state index contributed by atoms with van der Waals surface area (Å²) in [7, 11) is 0. The Hall–Kier alpha value is -0.760. The summed E-state index contributed by atoms with van der Waals surface area (Å²) < 4.78 is 0. The molecule has 3 heteroatoms. The van der Waals surface area contributed by atoms with E-state index in [1.54, 1.807) is 0 Å². The summed E-state index contributed by atoms with van der Waals surface area (Å²) in [6, 6.07) is 0. The molecular formula is C7H9ClO2. The van der Waals surface area contributed by atoms with Crippen molar-refractivity contribution in [2.24, 2.45) is 5.92 Å². The molecule has 10 heavy (non-hydrogen) atoms. The van der Waals surface area contributed by atoms with Gasteiger partial charge in [-0.15, -0.1) is 6.58 Å². The van der Waals surface area contributed by atoms with E-state index in [0.29, 0.717) is 5.03 Å². The van der Waals surface area contributed by atoms with Crippen molar-refractivity contribution >= 4 is 17.6 Å². The van der Waals surface area contributed by atoms with E-state index in [1.807, 2.05) is 0 Å². The molecule has 0 amide bonds. The van der Waals surface area contributed by atoms with Gasteiger partial charge in [0.05, 0.1) is 5.92 Å². The fourth-order valence-electron chi connectivity index (χ4n) is 0.510. The summed E-state index contributed by atoms with van der Waals surface area (Å²) in [6.45, 7) is 6.73. The fraction of sp³-hybridized carbons (Fsp3) is 0.286. The molecule has 0 fully saturated rings. The predicted molar refractivity (Wildman–Crippen MR) is 40.9 cm³/mol. The second kappa shape index (κ2) is 4.12. The third kappa shape index (κ3) is 3.30. The smallest absolute Gasteiger partial charge is 0.310 e. The number of carboxylic acids is 1. The van der Waals surface area contributed by atoms with Crippen LogP contribution in [0.2, 0.25) is 0 Å². The molecule has 1 unspecified atom stereocenters. The van der Waals surface area contributed by atoms with Gasteiger partial charge in [0.2, 0.25) is 0 Å². The highest BCUT2D eigenvalue weighted by molar-refractivity contribution is 6.29. The van der Waals surface area contributed by atoms with Gasteiger partial charge in [-0.2, -0.15) is 0 Å². The van der Waals surface area contributed by atoms with Gasteiger partial charge in [0.25, 0.3) is 0 Å². The number of carboxylic acid groups (broad SMARTS) is 1. The lowest BCUT2D eigenvalue weighted by atomic mass is 10.1. The van der Waals surface area contributed by atoms with E-state index in [9.17, 15) is 4.79 Å². The first-order chi connectivity index (χ1) is 4.57. The van der Waals surface area contributed by atoms with Crippen LogP contribution in [0.3, 0.4) is 0 Å². The Balaban J connectivity index is 3.96. The van der Waals surface area contributed by atoms with Crippen molar-refractivity contribution in [3.05, 3.63) is 24.3 Å².